The van der Waals surface area contributed by atoms with E-state index in [0.29, 0.717) is 15.8 Å². The van der Waals surface area contributed by atoms with Crippen molar-refractivity contribution in [2.24, 2.45) is 0 Å². The topological polar surface area (TPSA) is 95.2 Å². The molecule has 2 rings (SSSR count). The number of carbonyl (C=O) groups excluding carboxylic acids is 2. The number of carbonyl (C=O) groups is 2. The number of hydrazine groups is 1. The molecule has 0 aliphatic carbocycles. The average molecular weight is 406 g/mol. The first-order valence-electron chi connectivity index (χ1n) is 8.76. The van der Waals surface area contributed by atoms with Crippen molar-refractivity contribution in [3.63, 3.8) is 0 Å². The first kappa shape index (κ1) is 20.8. The fourth-order valence-electron chi connectivity index (χ4n) is 2.17. The molecule has 4 N–H and O–H groups in total. The lowest BCUT2D eigenvalue weighted by atomic mass is 10.2. The number of hydrogen-bond acceptors (Lipinski definition) is 5. The van der Waals surface area contributed by atoms with E-state index in [1.807, 2.05) is 6.07 Å². The van der Waals surface area contributed by atoms with Crippen LogP contribution >= 0.6 is 23.6 Å². The number of hydrogen-bond donors (Lipinski definition) is 4. The van der Waals surface area contributed by atoms with Crippen LogP contribution in [0.1, 0.15) is 53.5 Å². The van der Waals surface area contributed by atoms with E-state index >= 15 is 0 Å². The SMILES string of the molecule is CCCCCCNC(=S)Nc1nc(C(=O)NNC(=O)c2ccccc2)cs1. The summed E-state index contributed by atoms with van der Waals surface area (Å²) in [7, 11) is 0. The molecule has 1 aromatic heterocycles. The van der Waals surface area contributed by atoms with Crippen molar-refractivity contribution in [2.45, 2.75) is 32.6 Å². The van der Waals surface area contributed by atoms with Crippen LogP contribution in [0.15, 0.2) is 35.7 Å². The maximum absolute atomic E-state index is 12.1. The molecule has 1 aromatic carbocycles. The molecule has 0 radical (unpaired) electrons. The predicted molar refractivity (Wildman–Crippen MR) is 112 cm³/mol. The molecule has 0 unspecified atom stereocenters. The van der Waals surface area contributed by atoms with Crippen molar-refractivity contribution in [1.29, 1.82) is 0 Å². The second-order valence-electron chi connectivity index (χ2n) is 5.75. The summed E-state index contributed by atoms with van der Waals surface area (Å²) in [5, 5.41) is 8.66. The summed E-state index contributed by atoms with van der Waals surface area (Å²) in [5.74, 6) is -0.895. The number of aromatic nitrogens is 1. The Morgan fingerprint density at radius 1 is 1.07 bits per heavy atom. The lowest BCUT2D eigenvalue weighted by molar-refractivity contribution is 0.0844. The van der Waals surface area contributed by atoms with Gasteiger partial charge in [0.05, 0.1) is 0 Å². The third kappa shape index (κ3) is 7.32. The molecule has 2 aromatic rings. The summed E-state index contributed by atoms with van der Waals surface area (Å²) in [6, 6.07) is 8.61. The molecule has 0 aliphatic rings. The Balaban J connectivity index is 1.74. The van der Waals surface area contributed by atoms with Gasteiger partial charge in [-0.05, 0) is 30.8 Å². The van der Waals surface area contributed by atoms with Crippen molar-refractivity contribution < 1.29 is 9.59 Å². The van der Waals surface area contributed by atoms with Gasteiger partial charge in [0.25, 0.3) is 11.8 Å². The van der Waals surface area contributed by atoms with Crippen LogP contribution in [0.25, 0.3) is 0 Å². The summed E-state index contributed by atoms with van der Waals surface area (Å²) in [6.45, 7) is 2.97. The number of thiazole rings is 1. The third-order valence-electron chi connectivity index (χ3n) is 3.60. The minimum absolute atomic E-state index is 0.196. The lowest BCUT2D eigenvalue weighted by Gasteiger charge is -2.08. The Hall–Kier alpha value is -2.52. The van der Waals surface area contributed by atoms with Crippen LogP contribution in [-0.4, -0.2) is 28.5 Å². The summed E-state index contributed by atoms with van der Waals surface area (Å²) in [5.41, 5.74) is 5.36. The van der Waals surface area contributed by atoms with Crippen molar-refractivity contribution in [2.75, 3.05) is 11.9 Å². The quantitative estimate of drug-likeness (QED) is 0.306. The molecule has 1 heterocycles. The van der Waals surface area contributed by atoms with Gasteiger partial charge in [-0.3, -0.25) is 20.4 Å². The first-order valence-corrected chi connectivity index (χ1v) is 10.0. The molecule has 0 fully saturated rings. The second-order valence-corrected chi connectivity index (χ2v) is 7.02. The van der Waals surface area contributed by atoms with Gasteiger partial charge >= 0.3 is 0 Å². The number of nitrogens with zero attached hydrogens (tertiary/aromatic N) is 1. The number of thiocarbonyl (C=S) groups is 1. The molecule has 0 saturated heterocycles. The van der Waals surface area contributed by atoms with E-state index in [4.69, 9.17) is 12.2 Å². The van der Waals surface area contributed by atoms with Crippen molar-refractivity contribution in [3.8, 4) is 0 Å². The van der Waals surface area contributed by atoms with Crippen molar-refractivity contribution >= 4 is 45.6 Å². The number of amides is 2. The normalized spacial score (nSPS) is 10.1. The Morgan fingerprint density at radius 2 is 1.81 bits per heavy atom. The van der Waals surface area contributed by atoms with E-state index in [1.54, 1.807) is 29.6 Å². The number of benzene rings is 1. The van der Waals surface area contributed by atoms with Crippen molar-refractivity contribution in [3.05, 3.63) is 47.0 Å². The second kappa shape index (κ2) is 11.2. The van der Waals surface area contributed by atoms with Crippen LogP contribution in [0, 0.1) is 0 Å². The number of unbranched alkanes of at least 4 members (excludes halogenated alkanes) is 3. The minimum atomic E-state index is -0.498. The maximum atomic E-state index is 12.1. The number of nitrogens with one attached hydrogen (secondary N) is 4. The predicted octanol–water partition coefficient (Wildman–Crippen LogP) is 3.08. The molecule has 9 heteroatoms. The smallest absolute Gasteiger partial charge is 0.289 e. The fourth-order valence-corrected chi connectivity index (χ4v) is 3.13. The first-order chi connectivity index (χ1) is 13.1. The lowest BCUT2D eigenvalue weighted by Crippen LogP contribution is -2.41. The summed E-state index contributed by atoms with van der Waals surface area (Å²) in [4.78, 5) is 28.2. The molecule has 0 bridgehead atoms. The standard InChI is InChI=1S/C18H23N5O2S2/c1-2-3-4-8-11-19-17(26)21-18-20-14(12-27-18)16(25)23-22-15(24)13-9-6-5-7-10-13/h5-7,9-10,12H,2-4,8,11H2,1H3,(H,22,24)(H,23,25)(H2,19,20,21,26). The highest BCUT2D eigenvalue weighted by Crippen LogP contribution is 2.15. The van der Waals surface area contributed by atoms with Crippen LogP contribution < -0.4 is 21.5 Å². The van der Waals surface area contributed by atoms with E-state index in [0.717, 1.165) is 13.0 Å². The molecule has 0 aliphatic heterocycles. The minimum Gasteiger partial charge on any atom is -0.362 e. The van der Waals surface area contributed by atoms with Crippen LogP contribution in [-0.2, 0) is 0 Å². The molecular weight excluding hydrogens is 382 g/mol. The molecule has 0 saturated carbocycles. The highest BCUT2D eigenvalue weighted by Gasteiger charge is 2.13. The fraction of sp³-hybridized carbons (Fsp3) is 0.333. The van der Waals surface area contributed by atoms with Crippen LogP contribution in [0.3, 0.4) is 0 Å². The highest BCUT2D eigenvalue weighted by atomic mass is 32.1. The monoisotopic (exact) mass is 405 g/mol. The van der Waals surface area contributed by atoms with Crippen molar-refractivity contribution in [1.82, 2.24) is 21.2 Å². The van der Waals surface area contributed by atoms with Gasteiger partial charge in [-0.2, -0.15) is 0 Å². The van der Waals surface area contributed by atoms with Gasteiger partial charge in [-0.1, -0.05) is 44.4 Å². The van der Waals surface area contributed by atoms with E-state index in [1.165, 1.54) is 30.6 Å². The van der Waals surface area contributed by atoms with Crippen LogP contribution in [0.5, 0.6) is 0 Å². The third-order valence-corrected chi connectivity index (χ3v) is 4.60. The van der Waals surface area contributed by atoms with Gasteiger partial charge < -0.3 is 10.6 Å². The van der Waals surface area contributed by atoms with E-state index in [2.05, 4.69) is 33.4 Å². The van der Waals surface area contributed by atoms with E-state index in [-0.39, 0.29) is 5.69 Å². The van der Waals surface area contributed by atoms with Gasteiger partial charge in [0.1, 0.15) is 5.69 Å². The highest BCUT2D eigenvalue weighted by molar-refractivity contribution is 7.80. The molecular formula is C18H23N5O2S2. The maximum Gasteiger partial charge on any atom is 0.289 e. The largest absolute Gasteiger partial charge is 0.362 e. The zero-order valence-corrected chi connectivity index (χ0v) is 16.7. The molecule has 0 atom stereocenters. The van der Waals surface area contributed by atoms with Gasteiger partial charge in [0, 0.05) is 17.5 Å². The summed E-state index contributed by atoms with van der Waals surface area (Å²) >= 11 is 6.48. The zero-order chi connectivity index (χ0) is 19.5. The average Bonchev–Trinajstić information content (AvgIpc) is 3.15. The molecule has 27 heavy (non-hydrogen) atoms. The number of rotatable bonds is 8. The molecule has 144 valence electrons. The zero-order valence-electron chi connectivity index (χ0n) is 15.1. The summed E-state index contributed by atoms with van der Waals surface area (Å²) < 4.78 is 0. The van der Waals surface area contributed by atoms with Crippen LogP contribution in [0.2, 0.25) is 0 Å². The Bertz CT molecular complexity index is 764. The Morgan fingerprint density at radius 3 is 2.56 bits per heavy atom. The molecule has 0 spiro atoms. The van der Waals surface area contributed by atoms with Gasteiger partial charge in [-0.25, -0.2) is 4.98 Å². The van der Waals surface area contributed by atoms with E-state index < -0.39 is 11.8 Å². The van der Waals surface area contributed by atoms with Gasteiger partial charge in [-0.15, -0.1) is 11.3 Å². The van der Waals surface area contributed by atoms with Gasteiger partial charge in [0.15, 0.2) is 10.2 Å². The Kier molecular flexibility index (Phi) is 8.66. The molecule has 7 nitrogen and oxygen atoms in total. The van der Waals surface area contributed by atoms with E-state index in [9.17, 15) is 9.59 Å². The van der Waals surface area contributed by atoms with Gasteiger partial charge in [0.2, 0.25) is 0 Å². The number of anilines is 1. The Labute approximate surface area is 167 Å². The molecule has 2 amide bonds. The summed E-state index contributed by atoms with van der Waals surface area (Å²) in [6.07, 6.45) is 4.64. The van der Waals surface area contributed by atoms with Crippen LogP contribution in [0.4, 0.5) is 5.13 Å².